The molecule has 1 aromatic heterocycles. The van der Waals surface area contributed by atoms with Gasteiger partial charge in [0.1, 0.15) is 0 Å². The molecule has 0 spiro atoms. The van der Waals surface area contributed by atoms with Gasteiger partial charge in [-0.05, 0) is 54.5 Å². The third kappa shape index (κ3) is 4.15. The Balaban J connectivity index is 1.42. The number of thioether (sulfide) groups is 1. The molecule has 6 rings (SSSR count). The van der Waals surface area contributed by atoms with Crippen molar-refractivity contribution >= 4 is 38.2 Å². The minimum Gasteiger partial charge on any atom is -0.377 e. The van der Waals surface area contributed by atoms with Crippen LogP contribution in [0, 0.1) is 5.92 Å². The second kappa shape index (κ2) is 9.59. The first-order valence-electron chi connectivity index (χ1n) is 12.9. The summed E-state index contributed by atoms with van der Waals surface area (Å²) in [5, 5.41) is 1.66. The van der Waals surface area contributed by atoms with E-state index in [9.17, 15) is 13.2 Å². The number of hydrogen-bond donors (Lipinski definition) is 0. The van der Waals surface area contributed by atoms with Crippen molar-refractivity contribution in [1.29, 1.82) is 0 Å². The van der Waals surface area contributed by atoms with Crippen LogP contribution < -0.4 is 10.5 Å². The number of fused-ring (bicyclic) bond motifs is 5. The van der Waals surface area contributed by atoms with Gasteiger partial charge in [0.05, 0.1) is 4.90 Å². The predicted molar refractivity (Wildman–Crippen MR) is 156 cm³/mol. The zero-order chi connectivity index (χ0) is 26.6. The molecular weight excluding hydrogens is 514 g/mol. The molecular formula is C30H31N3O3S2. The summed E-state index contributed by atoms with van der Waals surface area (Å²) in [7, 11) is 0.184. The molecule has 3 aromatic carbocycles. The van der Waals surface area contributed by atoms with Gasteiger partial charge in [-0.3, -0.25) is 4.79 Å². The van der Waals surface area contributed by atoms with E-state index in [1.807, 2.05) is 66.2 Å². The minimum atomic E-state index is -3.75. The summed E-state index contributed by atoms with van der Waals surface area (Å²) < 4.78 is 31.9. The van der Waals surface area contributed by atoms with Crippen LogP contribution in [0.4, 0.5) is 5.69 Å². The molecule has 196 valence electrons. The molecule has 1 fully saturated rings. The molecule has 8 heteroatoms. The number of benzene rings is 3. The van der Waals surface area contributed by atoms with Gasteiger partial charge in [0.25, 0.3) is 5.56 Å². The zero-order valence-corrected chi connectivity index (χ0v) is 23.4. The fourth-order valence-electron chi connectivity index (χ4n) is 6.20. The molecule has 38 heavy (non-hydrogen) atoms. The molecule has 3 heterocycles. The predicted octanol–water partition coefficient (Wildman–Crippen LogP) is 5.26. The third-order valence-corrected chi connectivity index (χ3v) is 10.5. The molecule has 2 aliphatic rings. The Hall–Kier alpha value is -3.07. The van der Waals surface area contributed by atoms with Gasteiger partial charge in [0, 0.05) is 78.3 Å². The van der Waals surface area contributed by atoms with E-state index < -0.39 is 10.0 Å². The van der Waals surface area contributed by atoms with E-state index in [0.29, 0.717) is 24.5 Å². The van der Waals surface area contributed by atoms with Crippen LogP contribution in [-0.2, 0) is 16.6 Å². The van der Waals surface area contributed by atoms with E-state index in [1.54, 1.807) is 28.2 Å². The molecule has 2 atom stereocenters. The van der Waals surface area contributed by atoms with Gasteiger partial charge >= 0.3 is 0 Å². The fraction of sp³-hybridized carbons (Fsp3) is 0.300. The number of piperidine rings is 1. The van der Waals surface area contributed by atoms with Crippen molar-refractivity contribution in [3.63, 3.8) is 0 Å². The van der Waals surface area contributed by atoms with Gasteiger partial charge in [-0.25, -0.2) is 8.42 Å². The first-order valence-corrected chi connectivity index (χ1v) is 15.5. The quantitative estimate of drug-likeness (QED) is 0.320. The molecule has 6 nitrogen and oxygen atoms in total. The third-order valence-electron chi connectivity index (χ3n) is 7.92. The van der Waals surface area contributed by atoms with Crippen LogP contribution in [0.5, 0.6) is 0 Å². The highest BCUT2D eigenvalue weighted by Crippen LogP contribution is 2.42. The highest BCUT2D eigenvalue weighted by molar-refractivity contribution is 7.98. The summed E-state index contributed by atoms with van der Waals surface area (Å²) in [4.78, 5) is 16.5. The summed E-state index contributed by atoms with van der Waals surface area (Å²) in [5.41, 5.74) is 4.00. The lowest BCUT2D eigenvalue weighted by Gasteiger charge is -2.43. The summed E-state index contributed by atoms with van der Waals surface area (Å²) >= 11 is 1.69. The standard InChI is InChI=1S/C30H31N3O3S2/c1-31(2)27-8-4-7-26-25(27)6-5-9-28(26)38(35,36)32-17-20-16-22(19-32)30-24(14-15-29(34)33(30)18-20)21-10-12-23(37-3)13-11-21/h4-15,20,22H,16-19H2,1-3H3/t20-,22+/m0/s1. The molecule has 0 radical (unpaired) electrons. The molecule has 0 N–H and O–H groups in total. The van der Waals surface area contributed by atoms with E-state index in [0.717, 1.165) is 39.7 Å². The molecule has 2 bridgehead atoms. The summed E-state index contributed by atoms with van der Waals surface area (Å²) in [5.74, 6) is 0.0452. The normalized spacial score (nSPS) is 19.3. The van der Waals surface area contributed by atoms with Crippen LogP contribution in [0.1, 0.15) is 18.0 Å². The van der Waals surface area contributed by atoms with Crippen molar-refractivity contribution in [3.05, 3.63) is 88.8 Å². The van der Waals surface area contributed by atoms with Crippen molar-refractivity contribution in [1.82, 2.24) is 8.87 Å². The van der Waals surface area contributed by atoms with Gasteiger partial charge < -0.3 is 9.47 Å². The lowest BCUT2D eigenvalue weighted by Crippen LogP contribution is -2.49. The number of hydrogen-bond acceptors (Lipinski definition) is 5. The Morgan fingerprint density at radius 1 is 0.868 bits per heavy atom. The molecule has 1 saturated heterocycles. The van der Waals surface area contributed by atoms with Crippen molar-refractivity contribution < 1.29 is 8.42 Å². The lowest BCUT2D eigenvalue weighted by atomic mass is 9.81. The summed E-state index contributed by atoms with van der Waals surface area (Å²) in [6.45, 7) is 1.32. The molecule has 0 saturated carbocycles. The summed E-state index contributed by atoms with van der Waals surface area (Å²) in [6.07, 6.45) is 2.93. The monoisotopic (exact) mass is 545 g/mol. The Kier molecular flexibility index (Phi) is 6.37. The molecule has 0 unspecified atom stereocenters. The molecule has 0 aliphatic carbocycles. The van der Waals surface area contributed by atoms with Crippen LogP contribution in [0.3, 0.4) is 0 Å². The fourth-order valence-corrected chi connectivity index (χ4v) is 8.38. The van der Waals surface area contributed by atoms with Crippen molar-refractivity contribution in [2.45, 2.75) is 28.7 Å². The van der Waals surface area contributed by atoms with Crippen LogP contribution >= 0.6 is 11.8 Å². The highest BCUT2D eigenvalue weighted by atomic mass is 32.2. The smallest absolute Gasteiger partial charge is 0.250 e. The van der Waals surface area contributed by atoms with E-state index in [2.05, 4.69) is 24.3 Å². The van der Waals surface area contributed by atoms with Crippen LogP contribution in [-0.4, -0.2) is 50.7 Å². The number of anilines is 1. The van der Waals surface area contributed by atoms with Crippen molar-refractivity contribution in [3.8, 4) is 11.1 Å². The van der Waals surface area contributed by atoms with Gasteiger partial charge in [0.15, 0.2) is 0 Å². The van der Waals surface area contributed by atoms with E-state index >= 15 is 0 Å². The molecule has 2 aliphatic heterocycles. The molecule has 4 aromatic rings. The van der Waals surface area contributed by atoms with Crippen molar-refractivity contribution in [2.75, 3.05) is 38.3 Å². The Morgan fingerprint density at radius 3 is 2.34 bits per heavy atom. The minimum absolute atomic E-state index is 0.0132. The lowest BCUT2D eigenvalue weighted by molar-refractivity contribution is 0.187. The summed E-state index contributed by atoms with van der Waals surface area (Å²) in [6, 6.07) is 23.3. The number of sulfonamides is 1. The maximum absolute atomic E-state index is 14.2. The van der Waals surface area contributed by atoms with E-state index in [4.69, 9.17) is 0 Å². The largest absolute Gasteiger partial charge is 0.377 e. The maximum atomic E-state index is 14.2. The maximum Gasteiger partial charge on any atom is 0.250 e. The highest BCUT2D eigenvalue weighted by Gasteiger charge is 2.41. The molecule has 0 amide bonds. The number of aromatic nitrogens is 1. The second-order valence-electron chi connectivity index (χ2n) is 10.5. The van der Waals surface area contributed by atoms with Crippen LogP contribution in [0.15, 0.2) is 87.4 Å². The van der Waals surface area contributed by atoms with Gasteiger partial charge in [-0.2, -0.15) is 4.31 Å². The average Bonchev–Trinajstić information content (AvgIpc) is 2.92. The van der Waals surface area contributed by atoms with Crippen molar-refractivity contribution in [2.24, 2.45) is 5.92 Å². The van der Waals surface area contributed by atoms with Gasteiger partial charge in [-0.15, -0.1) is 11.8 Å². The van der Waals surface area contributed by atoms with E-state index in [1.165, 1.54) is 4.90 Å². The zero-order valence-electron chi connectivity index (χ0n) is 21.8. The second-order valence-corrected chi connectivity index (χ2v) is 13.2. The first-order chi connectivity index (χ1) is 18.3. The van der Waals surface area contributed by atoms with E-state index in [-0.39, 0.29) is 17.4 Å². The van der Waals surface area contributed by atoms with Gasteiger partial charge in [0.2, 0.25) is 10.0 Å². The van der Waals surface area contributed by atoms with Gasteiger partial charge in [-0.1, -0.05) is 36.4 Å². The number of nitrogens with zero attached hydrogens (tertiary/aromatic N) is 3. The van der Waals surface area contributed by atoms with Crippen LogP contribution in [0.25, 0.3) is 21.9 Å². The number of rotatable bonds is 5. The van der Waals surface area contributed by atoms with Crippen LogP contribution in [0.2, 0.25) is 0 Å². The SMILES string of the molecule is CSc1ccc(-c2ccc(=O)n3c2[C@@H]2C[C@@H](CN(S(=O)(=O)c4cccc5c(N(C)C)cccc45)C2)C3)cc1. The number of pyridine rings is 1. The Bertz CT molecular complexity index is 1690. The first kappa shape index (κ1) is 25.2. The Labute approximate surface area is 227 Å². The Morgan fingerprint density at radius 2 is 1.61 bits per heavy atom. The topological polar surface area (TPSA) is 62.6 Å². The average molecular weight is 546 g/mol.